The monoisotopic (exact) mass is 392 g/mol. The van der Waals surface area contributed by atoms with Gasteiger partial charge in [0.2, 0.25) is 0 Å². The summed E-state index contributed by atoms with van der Waals surface area (Å²) in [5.74, 6) is -1.69. The van der Waals surface area contributed by atoms with Gasteiger partial charge in [-0.1, -0.05) is 30.3 Å². The highest BCUT2D eigenvalue weighted by molar-refractivity contribution is 6.07. The Hall–Kier alpha value is -3.28. The van der Waals surface area contributed by atoms with Crippen molar-refractivity contribution in [2.45, 2.75) is 31.2 Å². The lowest BCUT2D eigenvalue weighted by Gasteiger charge is -2.26. The molecular weight excluding hydrogens is 371 g/mol. The molecule has 0 bridgehead atoms. The number of halogens is 1. The summed E-state index contributed by atoms with van der Waals surface area (Å²) in [6, 6.07) is 14.0. The summed E-state index contributed by atoms with van der Waals surface area (Å²) in [4.78, 5) is 31.0. The topological polar surface area (TPSA) is 70.5 Å². The van der Waals surface area contributed by atoms with Crippen LogP contribution in [0.1, 0.15) is 40.4 Å². The average Bonchev–Trinajstić information content (AvgIpc) is 3.56. The van der Waals surface area contributed by atoms with Crippen LogP contribution in [0.2, 0.25) is 0 Å². The van der Waals surface area contributed by atoms with E-state index < -0.39 is 23.7 Å². The molecule has 1 unspecified atom stereocenters. The third kappa shape index (κ3) is 3.97. The first-order valence-electron chi connectivity index (χ1n) is 9.58. The van der Waals surface area contributed by atoms with Crippen LogP contribution < -0.4 is 0 Å². The van der Waals surface area contributed by atoms with E-state index in [2.05, 4.69) is 4.98 Å². The molecule has 4 rings (SSSR count). The maximum atomic E-state index is 13.9. The van der Waals surface area contributed by atoms with E-state index in [9.17, 15) is 19.1 Å². The van der Waals surface area contributed by atoms with Crippen LogP contribution in [0.15, 0.2) is 54.6 Å². The molecule has 1 aliphatic rings. The van der Waals surface area contributed by atoms with Gasteiger partial charge in [-0.2, -0.15) is 0 Å². The largest absolute Gasteiger partial charge is 0.480 e. The molecule has 1 amide bonds. The van der Waals surface area contributed by atoms with E-state index in [0.717, 1.165) is 24.1 Å². The fourth-order valence-corrected chi connectivity index (χ4v) is 3.54. The van der Waals surface area contributed by atoms with Gasteiger partial charge in [-0.15, -0.1) is 0 Å². The first-order chi connectivity index (χ1) is 13.9. The fourth-order valence-electron chi connectivity index (χ4n) is 3.54. The third-order valence-corrected chi connectivity index (χ3v) is 5.36. The highest BCUT2D eigenvalue weighted by Gasteiger charge is 2.31. The molecule has 3 aromatic rings. The second-order valence-electron chi connectivity index (χ2n) is 7.49. The second kappa shape index (κ2) is 7.62. The fraction of sp³-hybridized carbons (Fsp3) is 0.261. The molecule has 1 aromatic heterocycles. The van der Waals surface area contributed by atoms with Crippen LogP contribution in [0, 0.1) is 5.82 Å². The molecule has 2 aromatic carbocycles. The number of hydrogen-bond donors (Lipinski definition) is 1. The van der Waals surface area contributed by atoms with E-state index in [1.54, 1.807) is 12.1 Å². The Balaban J connectivity index is 1.72. The average molecular weight is 392 g/mol. The Bertz CT molecular complexity index is 1080. The summed E-state index contributed by atoms with van der Waals surface area (Å²) in [7, 11) is 1.48. The molecule has 5 nitrogen and oxygen atoms in total. The summed E-state index contributed by atoms with van der Waals surface area (Å²) >= 11 is 0. The zero-order valence-electron chi connectivity index (χ0n) is 16.0. The number of carbonyl (C=O) groups is 2. The van der Waals surface area contributed by atoms with Gasteiger partial charge in [0, 0.05) is 30.5 Å². The Morgan fingerprint density at radius 2 is 1.90 bits per heavy atom. The lowest BCUT2D eigenvalue weighted by atomic mass is 10.0. The number of rotatable bonds is 6. The smallest absolute Gasteiger partial charge is 0.326 e. The zero-order valence-corrected chi connectivity index (χ0v) is 16.0. The van der Waals surface area contributed by atoms with Crippen LogP contribution in [0.3, 0.4) is 0 Å². The SMILES string of the molecule is CN(C(=O)c1cc(C2CC2)nc2ccc(F)cc12)C(Cc1ccccc1)C(=O)O. The van der Waals surface area contributed by atoms with Crippen LogP contribution in [0.4, 0.5) is 4.39 Å². The number of carboxylic acid groups (broad SMARTS) is 1. The van der Waals surface area contributed by atoms with Gasteiger partial charge in [0.25, 0.3) is 5.91 Å². The van der Waals surface area contributed by atoms with Crippen LogP contribution in [0.5, 0.6) is 0 Å². The number of likely N-dealkylation sites (N-methyl/N-ethyl adjacent to an activating group) is 1. The van der Waals surface area contributed by atoms with E-state index in [0.29, 0.717) is 22.4 Å². The van der Waals surface area contributed by atoms with Crippen molar-refractivity contribution in [2.24, 2.45) is 0 Å². The van der Waals surface area contributed by atoms with Gasteiger partial charge in [-0.25, -0.2) is 9.18 Å². The van der Waals surface area contributed by atoms with E-state index in [1.807, 2.05) is 30.3 Å². The minimum atomic E-state index is -1.09. The molecule has 1 heterocycles. The van der Waals surface area contributed by atoms with Crippen LogP contribution in [-0.4, -0.2) is 40.0 Å². The number of aromatic nitrogens is 1. The number of amides is 1. The summed E-state index contributed by atoms with van der Waals surface area (Å²) < 4.78 is 13.9. The van der Waals surface area contributed by atoms with Crippen LogP contribution >= 0.6 is 0 Å². The minimum absolute atomic E-state index is 0.186. The number of carbonyl (C=O) groups excluding carboxylic acids is 1. The van der Waals surface area contributed by atoms with Gasteiger partial charge in [-0.3, -0.25) is 9.78 Å². The molecule has 1 N–H and O–H groups in total. The van der Waals surface area contributed by atoms with Crippen molar-refractivity contribution >= 4 is 22.8 Å². The first kappa shape index (κ1) is 19.1. The summed E-state index contributed by atoms with van der Waals surface area (Å²) in [6.07, 6.45) is 2.20. The Morgan fingerprint density at radius 3 is 2.55 bits per heavy atom. The molecule has 1 saturated carbocycles. The van der Waals surface area contributed by atoms with Gasteiger partial charge >= 0.3 is 5.97 Å². The van der Waals surface area contributed by atoms with E-state index in [4.69, 9.17) is 0 Å². The predicted molar refractivity (Wildman–Crippen MR) is 107 cm³/mol. The van der Waals surface area contributed by atoms with Crippen LogP contribution in [-0.2, 0) is 11.2 Å². The van der Waals surface area contributed by atoms with Gasteiger partial charge in [0.15, 0.2) is 0 Å². The molecule has 1 fully saturated rings. The lowest BCUT2D eigenvalue weighted by Crippen LogP contribution is -2.44. The van der Waals surface area contributed by atoms with Gasteiger partial charge in [-0.05, 0) is 42.7 Å². The summed E-state index contributed by atoms with van der Waals surface area (Å²) in [6.45, 7) is 0. The predicted octanol–water partition coefficient (Wildman–Crippen LogP) is 4.02. The molecule has 6 heteroatoms. The van der Waals surface area contributed by atoms with Crippen molar-refractivity contribution in [3.8, 4) is 0 Å². The summed E-state index contributed by atoms with van der Waals surface area (Å²) in [5.41, 5.74) is 2.46. The first-order valence-corrected chi connectivity index (χ1v) is 9.58. The molecule has 29 heavy (non-hydrogen) atoms. The van der Waals surface area contributed by atoms with Gasteiger partial charge in [0.1, 0.15) is 11.9 Å². The van der Waals surface area contributed by atoms with Crippen molar-refractivity contribution in [1.82, 2.24) is 9.88 Å². The highest BCUT2D eigenvalue weighted by atomic mass is 19.1. The number of carboxylic acids is 1. The number of aliphatic carboxylic acids is 1. The second-order valence-corrected chi connectivity index (χ2v) is 7.49. The maximum absolute atomic E-state index is 13.9. The van der Waals surface area contributed by atoms with E-state index in [-0.39, 0.29) is 6.42 Å². The van der Waals surface area contributed by atoms with Crippen molar-refractivity contribution in [1.29, 1.82) is 0 Å². The number of hydrogen-bond acceptors (Lipinski definition) is 3. The minimum Gasteiger partial charge on any atom is -0.480 e. The van der Waals surface area contributed by atoms with Crippen molar-refractivity contribution in [3.05, 3.63) is 77.2 Å². The molecular formula is C23H21FN2O3. The number of fused-ring (bicyclic) bond motifs is 1. The molecule has 148 valence electrons. The maximum Gasteiger partial charge on any atom is 0.326 e. The van der Waals surface area contributed by atoms with E-state index >= 15 is 0 Å². The highest BCUT2D eigenvalue weighted by Crippen LogP contribution is 2.40. The normalized spacial score (nSPS) is 14.6. The number of benzene rings is 2. The van der Waals surface area contributed by atoms with Gasteiger partial charge < -0.3 is 10.0 Å². The van der Waals surface area contributed by atoms with Crippen molar-refractivity contribution in [2.75, 3.05) is 7.05 Å². The van der Waals surface area contributed by atoms with Crippen LogP contribution in [0.25, 0.3) is 10.9 Å². The Morgan fingerprint density at radius 1 is 1.17 bits per heavy atom. The lowest BCUT2D eigenvalue weighted by molar-refractivity contribution is -0.141. The molecule has 1 aliphatic carbocycles. The van der Waals surface area contributed by atoms with Gasteiger partial charge in [0.05, 0.1) is 11.1 Å². The Kier molecular flexibility index (Phi) is 5.01. The molecule has 0 radical (unpaired) electrons. The Labute approximate surface area is 167 Å². The molecule has 1 atom stereocenters. The summed E-state index contributed by atoms with van der Waals surface area (Å²) in [5, 5.41) is 10.1. The number of nitrogens with zero attached hydrogens (tertiary/aromatic N) is 2. The zero-order chi connectivity index (χ0) is 20.5. The molecule has 0 aliphatic heterocycles. The third-order valence-electron chi connectivity index (χ3n) is 5.36. The van der Waals surface area contributed by atoms with Crippen molar-refractivity contribution in [3.63, 3.8) is 0 Å². The molecule has 0 spiro atoms. The standard InChI is InChI=1S/C23H21FN2O3/c1-26(21(23(28)29)11-14-5-3-2-4-6-14)22(27)18-13-20(15-7-8-15)25-19-10-9-16(24)12-17(18)19/h2-6,9-10,12-13,15,21H,7-8,11H2,1H3,(H,28,29). The quantitative estimate of drug-likeness (QED) is 0.688. The van der Waals surface area contributed by atoms with Crippen molar-refractivity contribution < 1.29 is 19.1 Å². The van der Waals surface area contributed by atoms with E-state index in [1.165, 1.54) is 24.1 Å². The molecule has 0 saturated heterocycles. The number of pyridine rings is 1.